The minimum absolute atomic E-state index is 0.147. The molecule has 0 aliphatic rings. The number of carbonyl (C=O) groups excluding carboxylic acids is 1. The highest BCUT2D eigenvalue weighted by molar-refractivity contribution is 7.15. The highest BCUT2D eigenvalue weighted by Crippen LogP contribution is 2.29. The van der Waals surface area contributed by atoms with Crippen molar-refractivity contribution >= 4 is 23.2 Å². The van der Waals surface area contributed by atoms with E-state index in [1.165, 1.54) is 6.07 Å². The van der Waals surface area contributed by atoms with E-state index in [-0.39, 0.29) is 11.5 Å². The first-order chi connectivity index (χ1) is 12.9. The van der Waals surface area contributed by atoms with Crippen LogP contribution >= 0.6 is 11.3 Å². The topological polar surface area (TPSA) is 99.8 Å². The molecule has 1 amide bonds. The Morgan fingerprint density at radius 3 is 2.48 bits per heavy atom. The number of H-pyrrole nitrogens is 1. The SMILES string of the molecule is Cc1cc(=O)[nH]c(NCCNC(=O)c2ccc(-c3sc(C)nc3C)cc2)n1. The summed E-state index contributed by atoms with van der Waals surface area (Å²) in [6.07, 6.45) is 0. The van der Waals surface area contributed by atoms with Gasteiger partial charge in [0.1, 0.15) is 0 Å². The molecule has 140 valence electrons. The van der Waals surface area contributed by atoms with Crippen LogP contribution in [0.2, 0.25) is 0 Å². The Morgan fingerprint density at radius 2 is 1.85 bits per heavy atom. The summed E-state index contributed by atoms with van der Waals surface area (Å²) in [5.41, 5.74) is 3.09. The van der Waals surface area contributed by atoms with Gasteiger partial charge >= 0.3 is 0 Å². The number of carbonyl (C=O) groups is 1. The zero-order valence-corrected chi connectivity index (χ0v) is 16.2. The van der Waals surface area contributed by atoms with Gasteiger partial charge in [-0.3, -0.25) is 14.6 Å². The lowest BCUT2D eigenvalue weighted by Gasteiger charge is -2.08. The van der Waals surface area contributed by atoms with Crippen LogP contribution in [0.5, 0.6) is 0 Å². The van der Waals surface area contributed by atoms with E-state index in [2.05, 4.69) is 25.6 Å². The molecule has 0 aliphatic carbocycles. The lowest BCUT2D eigenvalue weighted by Crippen LogP contribution is -2.29. The molecule has 0 unspecified atom stereocenters. The van der Waals surface area contributed by atoms with E-state index >= 15 is 0 Å². The Balaban J connectivity index is 1.53. The van der Waals surface area contributed by atoms with Crippen LogP contribution in [-0.4, -0.2) is 33.9 Å². The molecule has 7 nitrogen and oxygen atoms in total. The largest absolute Gasteiger partial charge is 0.354 e. The molecule has 2 aromatic heterocycles. The lowest BCUT2D eigenvalue weighted by atomic mass is 10.1. The number of aromatic amines is 1. The van der Waals surface area contributed by atoms with Crippen LogP contribution in [0.15, 0.2) is 35.1 Å². The molecule has 3 aromatic rings. The molecule has 1 aromatic carbocycles. The van der Waals surface area contributed by atoms with Gasteiger partial charge in [0, 0.05) is 30.4 Å². The first kappa shape index (κ1) is 18.8. The van der Waals surface area contributed by atoms with Crippen LogP contribution in [0, 0.1) is 20.8 Å². The van der Waals surface area contributed by atoms with E-state index in [0.717, 1.165) is 21.1 Å². The molecule has 3 rings (SSSR count). The highest BCUT2D eigenvalue weighted by atomic mass is 32.1. The van der Waals surface area contributed by atoms with Crippen LogP contribution in [0.1, 0.15) is 26.8 Å². The van der Waals surface area contributed by atoms with E-state index in [4.69, 9.17) is 0 Å². The van der Waals surface area contributed by atoms with Crippen molar-refractivity contribution < 1.29 is 4.79 Å². The Labute approximate surface area is 160 Å². The third-order valence-electron chi connectivity index (χ3n) is 3.89. The van der Waals surface area contributed by atoms with Crippen molar-refractivity contribution in [3.05, 3.63) is 62.6 Å². The molecule has 8 heteroatoms. The summed E-state index contributed by atoms with van der Waals surface area (Å²) < 4.78 is 0. The number of nitrogens with one attached hydrogen (secondary N) is 3. The summed E-state index contributed by atoms with van der Waals surface area (Å²) in [5.74, 6) is 0.250. The molecule has 0 bridgehead atoms. The van der Waals surface area contributed by atoms with Gasteiger partial charge in [-0.05, 0) is 38.5 Å². The van der Waals surface area contributed by atoms with Crippen molar-refractivity contribution in [2.24, 2.45) is 0 Å². The monoisotopic (exact) mass is 383 g/mol. The van der Waals surface area contributed by atoms with Crippen molar-refractivity contribution in [2.45, 2.75) is 20.8 Å². The number of hydrogen-bond acceptors (Lipinski definition) is 6. The minimum Gasteiger partial charge on any atom is -0.354 e. The van der Waals surface area contributed by atoms with Crippen molar-refractivity contribution in [1.82, 2.24) is 20.3 Å². The van der Waals surface area contributed by atoms with Crippen LogP contribution in [0.3, 0.4) is 0 Å². The molecule has 0 fully saturated rings. The second-order valence-electron chi connectivity index (χ2n) is 6.14. The molecule has 0 spiro atoms. The highest BCUT2D eigenvalue weighted by Gasteiger charge is 2.09. The average Bonchev–Trinajstić information content (AvgIpc) is 2.96. The number of aryl methyl sites for hydroxylation is 3. The summed E-state index contributed by atoms with van der Waals surface area (Å²) in [4.78, 5) is 36.0. The summed E-state index contributed by atoms with van der Waals surface area (Å²) in [5, 5.41) is 6.86. The van der Waals surface area contributed by atoms with Crippen LogP contribution < -0.4 is 16.2 Å². The van der Waals surface area contributed by atoms with E-state index in [1.54, 1.807) is 18.3 Å². The van der Waals surface area contributed by atoms with Gasteiger partial charge in [0.2, 0.25) is 5.95 Å². The predicted octanol–water partition coefficient (Wildman–Crippen LogP) is 2.66. The Morgan fingerprint density at radius 1 is 1.11 bits per heavy atom. The van der Waals surface area contributed by atoms with E-state index in [9.17, 15) is 9.59 Å². The number of amides is 1. The smallest absolute Gasteiger partial charge is 0.252 e. The normalized spacial score (nSPS) is 10.6. The Kier molecular flexibility index (Phi) is 5.66. The van der Waals surface area contributed by atoms with E-state index in [1.807, 2.05) is 38.1 Å². The second-order valence-corrected chi connectivity index (χ2v) is 7.35. The molecule has 0 saturated heterocycles. The molecule has 27 heavy (non-hydrogen) atoms. The van der Waals surface area contributed by atoms with E-state index < -0.39 is 0 Å². The zero-order valence-electron chi connectivity index (χ0n) is 15.4. The summed E-state index contributed by atoms with van der Waals surface area (Å²) >= 11 is 1.65. The zero-order chi connectivity index (χ0) is 19.4. The van der Waals surface area contributed by atoms with Crippen molar-refractivity contribution in [3.8, 4) is 10.4 Å². The maximum Gasteiger partial charge on any atom is 0.252 e. The maximum absolute atomic E-state index is 12.3. The molecule has 0 aliphatic heterocycles. The standard InChI is InChI=1S/C19H21N5O2S/c1-11-10-16(25)24-19(22-11)21-9-8-20-18(26)15-6-4-14(5-7-15)17-12(2)23-13(3)27-17/h4-7,10H,8-9H2,1-3H3,(H,20,26)(H2,21,22,24,25). The molecular weight excluding hydrogens is 362 g/mol. The summed E-state index contributed by atoms with van der Waals surface area (Å²) in [6.45, 7) is 6.59. The molecule has 2 heterocycles. The van der Waals surface area contributed by atoms with Crippen LogP contribution in [-0.2, 0) is 0 Å². The number of nitrogens with zero attached hydrogens (tertiary/aromatic N) is 2. The number of thiazole rings is 1. The molecule has 0 atom stereocenters. The number of hydrogen-bond donors (Lipinski definition) is 3. The van der Waals surface area contributed by atoms with E-state index in [0.29, 0.717) is 30.3 Å². The summed E-state index contributed by atoms with van der Waals surface area (Å²) in [7, 11) is 0. The number of anilines is 1. The van der Waals surface area contributed by atoms with Crippen LogP contribution in [0.4, 0.5) is 5.95 Å². The molecule has 0 saturated carbocycles. The fourth-order valence-corrected chi connectivity index (χ4v) is 3.62. The van der Waals surface area contributed by atoms with Gasteiger partial charge in [0.15, 0.2) is 0 Å². The molecular formula is C19H21N5O2S. The van der Waals surface area contributed by atoms with Gasteiger partial charge in [-0.2, -0.15) is 0 Å². The first-order valence-electron chi connectivity index (χ1n) is 8.57. The average molecular weight is 383 g/mol. The third-order valence-corrected chi connectivity index (χ3v) is 5.01. The summed E-state index contributed by atoms with van der Waals surface area (Å²) in [6, 6.07) is 8.92. The Bertz CT molecular complexity index is 1010. The van der Waals surface area contributed by atoms with Crippen molar-refractivity contribution in [2.75, 3.05) is 18.4 Å². The third kappa shape index (κ3) is 4.79. The fourth-order valence-electron chi connectivity index (χ4n) is 2.69. The van der Waals surface area contributed by atoms with Gasteiger partial charge in [0.05, 0.1) is 15.6 Å². The number of rotatable bonds is 6. The van der Waals surface area contributed by atoms with Gasteiger partial charge < -0.3 is 10.6 Å². The van der Waals surface area contributed by atoms with Gasteiger partial charge in [0.25, 0.3) is 11.5 Å². The second kappa shape index (κ2) is 8.13. The van der Waals surface area contributed by atoms with Crippen LogP contribution in [0.25, 0.3) is 10.4 Å². The fraction of sp³-hybridized carbons (Fsp3) is 0.263. The van der Waals surface area contributed by atoms with Gasteiger partial charge in [-0.25, -0.2) is 9.97 Å². The predicted molar refractivity (Wildman–Crippen MR) is 107 cm³/mol. The number of benzene rings is 1. The maximum atomic E-state index is 12.3. The van der Waals surface area contributed by atoms with Crippen molar-refractivity contribution in [1.29, 1.82) is 0 Å². The molecule has 0 radical (unpaired) electrons. The van der Waals surface area contributed by atoms with Crippen molar-refractivity contribution in [3.63, 3.8) is 0 Å². The van der Waals surface area contributed by atoms with Gasteiger partial charge in [-0.15, -0.1) is 11.3 Å². The first-order valence-corrected chi connectivity index (χ1v) is 9.38. The van der Waals surface area contributed by atoms with Gasteiger partial charge in [-0.1, -0.05) is 12.1 Å². The Hall–Kier alpha value is -3.00. The quantitative estimate of drug-likeness (QED) is 0.568. The molecule has 3 N–H and O–H groups in total. The minimum atomic E-state index is -0.208. The lowest BCUT2D eigenvalue weighted by molar-refractivity contribution is 0.0955. The number of aromatic nitrogens is 3.